The summed E-state index contributed by atoms with van der Waals surface area (Å²) in [5.41, 5.74) is 0.521. The molecule has 2 unspecified atom stereocenters. The van der Waals surface area contributed by atoms with E-state index in [1.165, 1.54) is 4.90 Å². The Balaban J connectivity index is 1.99. The Kier molecular flexibility index (Phi) is 2.17. The van der Waals surface area contributed by atoms with Crippen LogP contribution in [0.15, 0.2) is 24.3 Å². The van der Waals surface area contributed by atoms with Crippen molar-refractivity contribution < 1.29 is 14.7 Å². The average Bonchev–Trinajstić information content (AvgIpc) is 2.60. The molecule has 18 heavy (non-hydrogen) atoms. The maximum absolute atomic E-state index is 12.3. The Morgan fingerprint density at radius 3 is 2.06 bits per heavy atom. The van der Waals surface area contributed by atoms with Crippen LogP contribution in [0, 0.1) is 5.41 Å². The van der Waals surface area contributed by atoms with Crippen LogP contribution in [-0.4, -0.2) is 34.0 Å². The topological polar surface area (TPSA) is 57.6 Å². The van der Waals surface area contributed by atoms with Gasteiger partial charge in [0.1, 0.15) is 0 Å². The van der Waals surface area contributed by atoms with E-state index in [4.69, 9.17) is 0 Å². The summed E-state index contributed by atoms with van der Waals surface area (Å²) < 4.78 is 0. The summed E-state index contributed by atoms with van der Waals surface area (Å²) in [7, 11) is 0. The molecule has 3 rings (SSSR count). The highest BCUT2D eigenvalue weighted by Gasteiger charge is 2.55. The van der Waals surface area contributed by atoms with Crippen molar-refractivity contribution in [3.05, 3.63) is 35.4 Å². The summed E-state index contributed by atoms with van der Waals surface area (Å²) in [5.74, 6) is -0.471. The van der Waals surface area contributed by atoms with Gasteiger partial charge in [0.25, 0.3) is 11.8 Å². The minimum Gasteiger partial charge on any atom is -0.392 e. The molecule has 1 saturated carbocycles. The fraction of sp³-hybridized carbons (Fsp3) is 0.429. The van der Waals surface area contributed by atoms with Crippen LogP contribution in [0.1, 0.15) is 41.0 Å². The van der Waals surface area contributed by atoms with Gasteiger partial charge in [0, 0.05) is 5.41 Å². The van der Waals surface area contributed by atoms with Crippen molar-refractivity contribution in [1.82, 2.24) is 4.90 Å². The van der Waals surface area contributed by atoms with Crippen molar-refractivity contribution in [2.75, 3.05) is 0 Å². The molecule has 2 amide bonds. The third kappa shape index (κ3) is 1.24. The predicted molar refractivity (Wildman–Crippen MR) is 65.1 cm³/mol. The second kappa shape index (κ2) is 3.42. The van der Waals surface area contributed by atoms with Gasteiger partial charge in [0.2, 0.25) is 0 Å². The molecular weight excluding hydrogens is 230 g/mol. The van der Waals surface area contributed by atoms with Gasteiger partial charge in [-0.2, -0.15) is 0 Å². The average molecular weight is 245 g/mol. The van der Waals surface area contributed by atoms with Gasteiger partial charge in [-0.25, -0.2) is 0 Å². The number of nitrogens with zero attached hydrogens (tertiary/aromatic N) is 1. The second-order valence-corrected chi connectivity index (χ2v) is 5.61. The van der Waals surface area contributed by atoms with E-state index in [0.717, 1.165) is 0 Å². The molecule has 1 N–H and O–H groups in total. The molecule has 1 aromatic rings. The first-order valence-corrected chi connectivity index (χ1v) is 6.09. The lowest BCUT2D eigenvalue weighted by atomic mass is 9.64. The molecule has 1 aromatic carbocycles. The van der Waals surface area contributed by atoms with Crippen LogP contribution in [0.25, 0.3) is 0 Å². The highest BCUT2D eigenvalue weighted by atomic mass is 16.3. The number of carbonyl (C=O) groups is 2. The summed E-state index contributed by atoms with van der Waals surface area (Å²) in [6, 6.07) is 6.66. The molecule has 0 radical (unpaired) electrons. The number of aliphatic hydroxyl groups excluding tert-OH is 1. The minimum absolute atomic E-state index is 0.208. The molecule has 0 saturated heterocycles. The molecule has 4 nitrogen and oxygen atoms in total. The van der Waals surface area contributed by atoms with Gasteiger partial charge >= 0.3 is 0 Å². The molecule has 1 heterocycles. The summed E-state index contributed by atoms with van der Waals surface area (Å²) in [4.78, 5) is 25.8. The third-order valence-electron chi connectivity index (χ3n) is 4.30. The van der Waals surface area contributed by atoms with Crippen molar-refractivity contribution >= 4 is 11.8 Å². The van der Waals surface area contributed by atoms with Gasteiger partial charge in [-0.05, 0) is 18.6 Å². The molecule has 2 aliphatic rings. The summed E-state index contributed by atoms with van der Waals surface area (Å²) in [5, 5.41) is 9.75. The number of imide groups is 1. The lowest BCUT2D eigenvalue weighted by molar-refractivity contribution is -0.0988. The third-order valence-corrected chi connectivity index (χ3v) is 4.30. The van der Waals surface area contributed by atoms with Crippen LogP contribution < -0.4 is 0 Å². The van der Waals surface area contributed by atoms with Crippen LogP contribution in [-0.2, 0) is 0 Å². The smallest absolute Gasteiger partial charge is 0.261 e. The van der Waals surface area contributed by atoms with Gasteiger partial charge in [-0.3, -0.25) is 14.5 Å². The lowest BCUT2D eigenvalue weighted by Crippen LogP contribution is -2.62. The quantitative estimate of drug-likeness (QED) is 0.762. The van der Waals surface area contributed by atoms with Gasteiger partial charge in [0.05, 0.1) is 23.3 Å². The molecule has 1 aliphatic carbocycles. The second-order valence-electron chi connectivity index (χ2n) is 5.61. The van der Waals surface area contributed by atoms with Crippen LogP contribution in [0.4, 0.5) is 0 Å². The number of fused-ring (bicyclic) bond motifs is 1. The van der Waals surface area contributed by atoms with Gasteiger partial charge < -0.3 is 5.11 Å². The monoisotopic (exact) mass is 245 g/mol. The molecule has 94 valence electrons. The van der Waals surface area contributed by atoms with E-state index in [2.05, 4.69) is 0 Å². The number of carbonyl (C=O) groups excluding carboxylic acids is 2. The number of benzene rings is 1. The highest BCUT2D eigenvalue weighted by molar-refractivity contribution is 6.21. The van der Waals surface area contributed by atoms with Crippen LogP contribution >= 0.6 is 0 Å². The van der Waals surface area contributed by atoms with E-state index in [-0.39, 0.29) is 17.9 Å². The van der Waals surface area contributed by atoms with E-state index in [1.54, 1.807) is 24.3 Å². The number of hydrogen-bond donors (Lipinski definition) is 1. The Hall–Kier alpha value is -1.68. The Morgan fingerprint density at radius 1 is 1.17 bits per heavy atom. The zero-order chi connectivity index (χ0) is 13.1. The number of rotatable bonds is 1. The molecule has 4 heteroatoms. The zero-order valence-corrected chi connectivity index (χ0v) is 10.4. The summed E-state index contributed by atoms with van der Waals surface area (Å²) in [6.45, 7) is 3.77. The Morgan fingerprint density at radius 2 is 1.67 bits per heavy atom. The maximum Gasteiger partial charge on any atom is 0.261 e. The van der Waals surface area contributed by atoms with Crippen molar-refractivity contribution in [2.24, 2.45) is 5.41 Å². The zero-order valence-electron chi connectivity index (χ0n) is 10.4. The largest absolute Gasteiger partial charge is 0.392 e. The van der Waals surface area contributed by atoms with Crippen LogP contribution in [0.2, 0.25) is 0 Å². The van der Waals surface area contributed by atoms with Crippen molar-refractivity contribution in [2.45, 2.75) is 32.4 Å². The number of aliphatic hydroxyl groups is 1. The van der Waals surface area contributed by atoms with Gasteiger partial charge in [-0.15, -0.1) is 0 Å². The molecule has 0 aromatic heterocycles. The predicted octanol–water partition coefficient (Wildman–Crippen LogP) is 1.44. The maximum atomic E-state index is 12.3. The van der Waals surface area contributed by atoms with E-state index < -0.39 is 11.5 Å². The van der Waals surface area contributed by atoms with E-state index in [9.17, 15) is 14.7 Å². The first-order chi connectivity index (χ1) is 8.44. The number of amides is 2. The SMILES string of the molecule is CC1(C)C(O)CC1N1C(=O)c2ccccc2C1=O. The fourth-order valence-electron chi connectivity index (χ4n) is 2.81. The molecule has 0 spiro atoms. The minimum atomic E-state index is -0.452. The fourth-order valence-corrected chi connectivity index (χ4v) is 2.81. The van der Waals surface area contributed by atoms with Crippen LogP contribution in [0.5, 0.6) is 0 Å². The van der Waals surface area contributed by atoms with Gasteiger partial charge in [0.15, 0.2) is 0 Å². The van der Waals surface area contributed by atoms with E-state index in [0.29, 0.717) is 17.5 Å². The highest BCUT2D eigenvalue weighted by Crippen LogP contribution is 2.46. The number of hydrogen-bond acceptors (Lipinski definition) is 3. The first-order valence-electron chi connectivity index (χ1n) is 6.09. The molecule has 0 bridgehead atoms. The van der Waals surface area contributed by atoms with Crippen molar-refractivity contribution in [3.8, 4) is 0 Å². The summed E-state index contributed by atoms with van der Waals surface area (Å²) in [6.07, 6.45) is 0.0187. The van der Waals surface area contributed by atoms with E-state index in [1.807, 2.05) is 13.8 Å². The van der Waals surface area contributed by atoms with Gasteiger partial charge in [-0.1, -0.05) is 26.0 Å². The van der Waals surface area contributed by atoms with E-state index >= 15 is 0 Å². The lowest BCUT2D eigenvalue weighted by Gasteiger charge is -2.52. The first kappa shape index (κ1) is 11.4. The van der Waals surface area contributed by atoms with Crippen molar-refractivity contribution in [3.63, 3.8) is 0 Å². The Bertz CT molecular complexity index is 515. The van der Waals surface area contributed by atoms with Crippen molar-refractivity contribution in [1.29, 1.82) is 0 Å². The molecular formula is C14H15NO3. The molecule has 2 atom stereocenters. The molecule has 1 aliphatic heterocycles. The van der Waals surface area contributed by atoms with Crippen LogP contribution in [0.3, 0.4) is 0 Å². The standard InChI is InChI=1S/C14H15NO3/c1-14(2)10(7-11(14)16)15-12(17)8-5-3-4-6-9(8)13(15)18/h3-6,10-11,16H,7H2,1-2H3. The normalized spacial score (nSPS) is 29.2. The summed E-state index contributed by atoms with van der Waals surface area (Å²) >= 11 is 0. The Labute approximate surface area is 105 Å². The molecule has 1 fully saturated rings.